The molecule has 5 nitrogen and oxygen atoms in total. The highest BCUT2D eigenvalue weighted by molar-refractivity contribution is 5.95. The predicted octanol–water partition coefficient (Wildman–Crippen LogP) is 2.60. The Morgan fingerprint density at radius 3 is 2.92 bits per heavy atom. The number of Topliss-reactive ketones (excluding diaryl/α,β-unsaturated/α-hetero) is 1. The van der Waals surface area contributed by atoms with Crippen molar-refractivity contribution >= 4 is 11.8 Å². The predicted molar refractivity (Wildman–Crippen MR) is 88.2 cm³/mol. The van der Waals surface area contributed by atoms with Gasteiger partial charge in [-0.2, -0.15) is 0 Å². The number of rotatable bonds is 4. The molecule has 6 heteroatoms. The monoisotopic (exact) mass is 327 g/mol. The van der Waals surface area contributed by atoms with Gasteiger partial charge in [0.25, 0.3) is 6.02 Å². The molecule has 0 unspecified atom stereocenters. The SMILES string of the molecule is C[C@@]1(c2cc(CC(=O)c3ccccn3)ccc2F)CCOC(N)=N1. The summed E-state index contributed by atoms with van der Waals surface area (Å²) in [4.78, 5) is 20.6. The van der Waals surface area contributed by atoms with E-state index in [0.29, 0.717) is 29.8 Å². The zero-order chi connectivity index (χ0) is 17.2. The van der Waals surface area contributed by atoms with Crippen molar-refractivity contribution < 1.29 is 13.9 Å². The molecule has 2 N–H and O–H groups in total. The van der Waals surface area contributed by atoms with E-state index in [1.807, 2.05) is 6.92 Å². The highest BCUT2D eigenvalue weighted by Gasteiger charge is 2.33. The van der Waals surface area contributed by atoms with Crippen LogP contribution in [0.5, 0.6) is 0 Å². The molecule has 0 fully saturated rings. The highest BCUT2D eigenvalue weighted by atomic mass is 19.1. The van der Waals surface area contributed by atoms with Gasteiger partial charge in [-0.05, 0) is 36.8 Å². The summed E-state index contributed by atoms with van der Waals surface area (Å²) >= 11 is 0. The molecule has 2 aromatic rings. The summed E-state index contributed by atoms with van der Waals surface area (Å²) in [5.41, 5.74) is 6.36. The summed E-state index contributed by atoms with van der Waals surface area (Å²) in [6.07, 6.45) is 2.24. The number of ether oxygens (including phenoxy) is 1. The number of benzene rings is 1. The van der Waals surface area contributed by atoms with Gasteiger partial charge >= 0.3 is 0 Å². The van der Waals surface area contributed by atoms with Crippen LogP contribution in [-0.4, -0.2) is 23.4 Å². The average molecular weight is 327 g/mol. The molecule has 0 saturated heterocycles. The van der Waals surface area contributed by atoms with Crippen molar-refractivity contribution in [1.82, 2.24) is 4.98 Å². The molecule has 1 aliphatic rings. The minimum Gasteiger partial charge on any atom is -0.465 e. The second-order valence-electron chi connectivity index (χ2n) is 5.95. The van der Waals surface area contributed by atoms with Gasteiger partial charge in [-0.1, -0.05) is 12.1 Å². The van der Waals surface area contributed by atoms with E-state index in [2.05, 4.69) is 9.98 Å². The number of aromatic nitrogens is 1. The third-order valence-electron chi connectivity index (χ3n) is 4.12. The summed E-state index contributed by atoms with van der Waals surface area (Å²) in [6.45, 7) is 2.19. The number of hydrogen-bond acceptors (Lipinski definition) is 5. The summed E-state index contributed by atoms with van der Waals surface area (Å²) in [7, 11) is 0. The fraction of sp³-hybridized carbons (Fsp3) is 0.278. The highest BCUT2D eigenvalue weighted by Crippen LogP contribution is 2.34. The third-order valence-corrected chi connectivity index (χ3v) is 4.12. The lowest BCUT2D eigenvalue weighted by Crippen LogP contribution is -2.34. The molecule has 1 aromatic heterocycles. The van der Waals surface area contributed by atoms with E-state index in [-0.39, 0.29) is 24.0 Å². The molecule has 2 heterocycles. The molecule has 0 saturated carbocycles. The van der Waals surface area contributed by atoms with Crippen LogP contribution in [0.4, 0.5) is 4.39 Å². The van der Waals surface area contributed by atoms with Crippen LogP contribution in [0.15, 0.2) is 47.6 Å². The molecule has 0 radical (unpaired) electrons. The first-order valence-corrected chi connectivity index (χ1v) is 7.69. The van der Waals surface area contributed by atoms with Crippen molar-refractivity contribution in [2.75, 3.05) is 6.61 Å². The maximum absolute atomic E-state index is 14.3. The van der Waals surface area contributed by atoms with E-state index < -0.39 is 5.54 Å². The van der Waals surface area contributed by atoms with Crippen LogP contribution in [-0.2, 0) is 16.7 Å². The van der Waals surface area contributed by atoms with Crippen molar-refractivity contribution in [3.63, 3.8) is 0 Å². The van der Waals surface area contributed by atoms with E-state index in [1.54, 1.807) is 36.5 Å². The Bertz CT molecular complexity index is 792. The van der Waals surface area contributed by atoms with Crippen LogP contribution in [0.1, 0.15) is 35.0 Å². The topological polar surface area (TPSA) is 77.6 Å². The van der Waals surface area contributed by atoms with Gasteiger partial charge in [0.05, 0.1) is 12.1 Å². The number of carbonyl (C=O) groups excluding carboxylic acids is 1. The van der Waals surface area contributed by atoms with Crippen molar-refractivity contribution in [3.8, 4) is 0 Å². The van der Waals surface area contributed by atoms with Crippen LogP contribution in [0.25, 0.3) is 0 Å². The van der Waals surface area contributed by atoms with Gasteiger partial charge < -0.3 is 10.5 Å². The van der Waals surface area contributed by atoms with Gasteiger partial charge in [0.15, 0.2) is 5.78 Å². The van der Waals surface area contributed by atoms with Gasteiger partial charge in [-0.3, -0.25) is 9.78 Å². The average Bonchev–Trinajstić information content (AvgIpc) is 2.57. The van der Waals surface area contributed by atoms with Gasteiger partial charge in [-0.25, -0.2) is 9.38 Å². The van der Waals surface area contributed by atoms with Gasteiger partial charge in [-0.15, -0.1) is 0 Å². The van der Waals surface area contributed by atoms with Crippen LogP contribution in [0.2, 0.25) is 0 Å². The minimum absolute atomic E-state index is 0.0538. The lowest BCUT2D eigenvalue weighted by molar-refractivity contribution is 0.0988. The van der Waals surface area contributed by atoms with E-state index >= 15 is 0 Å². The smallest absolute Gasteiger partial charge is 0.282 e. The number of amidine groups is 1. The number of halogens is 1. The Balaban J connectivity index is 1.90. The second kappa shape index (κ2) is 6.39. The molecule has 1 atom stereocenters. The fourth-order valence-electron chi connectivity index (χ4n) is 2.78. The Morgan fingerprint density at radius 1 is 1.38 bits per heavy atom. The summed E-state index contributed by atoms with van der Waals surface area (Å²) < 4.78 is 19.5. The first-order valence-electron chi connectivity index (χ1n) is 7.69. The molecule has 0 spiro atoms. The maximum Gasteiger partial charge on any atom is 0.282 e. The molecule has 24 heavy (non-hydrogen) atoms. The molecule has 0 amide bonds. The lowest BCUT2D eigenvalue weighted by atomic mass is 9.87. The third kappa shape index (κ3) is 3.27. The van der Waals surface area contributed by atoms with E-state index in [1.165, 1.54) is 6.07 Å². The fourth-order valence-corrected chi connectivity index (χ4v) is 2.78. The van der Waals surface area contributed by atoms with Crippen LogP contribution >= 0.6 is 0 Å². The van der Waals surface area contributed by atoms with E-state index in [4.69, 9.17) is 10.5 Å². The number of carbonyl (C=O) groups is 1. The molecular formula is C18H18FN3O2. The Hall–Kier alpha value is -2.76. The van der Waals surface area contributed by atoms with Crippen molar-refractivity contribution in [2.24, 2.45) is 10.7 Å². The lowest BCUT2D eigenvalue weighted by Gasteiger charge is -2.30. The standard InChI is InChI=1S/C18H18FN3O2/c1-18(7-9-24-17(20)22-18)13-10-12(5-6-14(13)19)11-16(23)15-4-2-3-8-21-15/h2-6,8,10H,7,9,11H2,1H3,(H2,20,22)/t18-/m0/s1. The van der Waals surface area contributed by atoms with Crippen molar-refractivity contribution in [1.29, 1.82) is 0 Å². The normalized spacial score (nSPS) is 20.2. The van der Waals surface area contributed by atoms with Crippen molar-refractivity contribution in [3.05, 3.63) is 65.2 Å². The first-order chi connectivity index (χ1) is 11.5. The van der Waals surface area contributed by atoms with Crippen LogP contribution in [0, 0.1) is 5.82 Å². The minimum atomic E-state index is -0.795. The Kier molecular flexibility index (Phi) is 4.29. The first kappa shape index (κ1) is 16.1. The zero-order valence-corrected chi connectivity index (χ0v) is 13.3. The van der Waals surface area contributed by atoms with Gasteiger partial charge in [0.2, 0.25) is 0 Å². The van der Waals surface area contributed by atoms with E-state index in [9.17, 15) is 9.18 Å². The van der Waals surface area contributed by atoms with Crippen LogP contribution < -0.4 is 5.73 Å². The number of pyridine rings is 1. The maximum atomic E-state index is 14.3. The molecular weight excluding hydrogens is 309 g/mol. The van der Waals surface area contributed by atoms with Gasteiger partial charge in [0, 0.05) is 24.6 Å². The number of aliphatic imine (C=N–C) groups is 1. The van der Waals surface area contributed by atoms with Gasteiger partial charge in [0.1, 0.15) is 11.5 Å². The second-order valence-corrected chi connectivity index (χ2v) is 5.95. The van der Waals surface area contributed by atoms with Crippen molar-refractivity contribution in [2.45, 2.75) is 25.3 Å². The molecule has 1 aromatic carbocycles. The largest absolute Gasteiger partial charge is 0.465 e. The molecule has 0 bridgehead atoms. The number of nitrogens with zero attached hydrogens (tertiary/aromatic N) is 2. The Morgan fingerprint density at radius 2 is 2.21 bits per heavy atom. The summed E-state index contributed by atoms with van der Waals surface area (Å²) in [6, 6.07) is 9.88. The van der Waals surface area contributed by atoms with Crippen LogP contribution in [0.3, 0.4) is 0 Å². The molecule has 124 valence electrons. The molecule has 1 aliphatic heterocycles. The summed E-state index contributed by atoms with van der Waals surface area (Å²) in [5, 5.41) is 0. The quantitative estimate of drug-likeness (QED) is 0.876. The molecule has 3 rings (SSSR count). The molecule has 0 aliphatic carbocycles. The number of hydrogen-bond donors (Lipinski definition) is 1. The Labute approximate surface area is 139 Å². The summed E-state index contributed by atoms with van der Waals surface area (Å²) in [5.74, 6) is -0.488. The zero-order valence-electron chi connectivity index (χ0n) is 13.3. The number of nitrogens with two attached hydrogens (primary N) is 1. The number of ketones is 1. The van der Waals surface area contributed by atoms with E-state index in [0.717, 1.165) is 0 Å².